The Morgan fingerprint density at radius 3 is 1.76 bits per heavy atom. The monoisotopic (exact) mass is 399 g/mol. The number of hydrogen-bond donors (Lipinski definition) is 0. The highest BCUT2D eigenvalue weighted by molar-refractivity contribution is 5.83. The van der Waals surface area contributed by atoms with Crippen LogP contribution in [0.1, 0.15) is 25.7 Å². The number of ether oxygens (including phenoxy) is 1. The topological polar surface area (TPSA) is 70.2 Å². The first kappa shape index (κ1) is 19.7. The minimum absolute atomic E-state index is 0.0274. The van der Waals surface area contributed by atoms with E-state index in [0.717, 1.165) is 12.8 Å². The Hall–Kier alpha value is -2.57. The third-order valence-electron chi connectivity index (χ3n) is 6.13. The van der Waals surface area contributed by atoms with Gasteiger partial charge in [-0.2, -0.15) is 0 Å². The van der Waals surface area contributed by atoms with Gasteiger partial charge in [0, 0.05) is 51.1 Å². The van der Waals surface area contributed by atoms with Crippen molar-refractivity contribution >= 4 is 17.7 Å². The summed E-state index contributed by atoms with van der Waals surface area (Å²) in [5, 5.41) is 0. The van der Waals surface area contributed by atoms with Gasteiger partial charge in [0.25, 0.3) is 5.91 Å². The van der Waals surface area contributed by atoms with E-state index in [1.54, 1.807) is 4.90 Å². The van der Waals surface area contributed by atoms with Crippen LogP contribution in [0.15, 0.2) is 30.3 Å². The lowest BCUT2D eigenvalue weighted by Crippen LogP contribution is -2.53. The van der Waals surface area contributed by atoms with E-state index in [2.05, 4.69) is 0 Å². The zero-order valence-electron chi connectivity index (χ0n) is 16.8. The summed E-state index contributed by atoms with van der Waals surface area (Å²) in [6, 6.07) is 9.31. The number of benzene rings is 1. The van der Waals surface area contributed by atoms with E-state index in [4.69, 9.17) is 4.74 Å². The highest BCUT2D eigenvalue weighted by Gasteiger charge is 2.36. The van der Waals surface area contributed by atoms with E-state index >= 15 is 0 Å². The number of piperazine rings is 1. The van der Waals surface area contributed by atoms with Crippen molar-refractivity contribution in [2.24, 2.45) is 11.8 Å². The van der Waals surface area contributed by atoms with Gasteiger partial charge in [-0.15, -0.1) is 0 Å². The molecule has 3 fully saturated rings. The van der Waals surface area contributed by atoms with Crippen LogP contribution >= 0.6 is 0 Å². The summed E-state index contributed by atoms with van der Waals surface area (Å²) in [5.41, 5.74) is 0. The van der Waals surface area contributed by atoms with Crippen LogP contribution in [0.4, 0.5) is 0 Å². The number of rotatable bonds is 5. The molecule has 0 aromatic heterocycles. The van der Waals surface area contributed by atoms with Crippen molar-refractivity contribution < 1.29 is 19.1 Å². The molecule has 29 heavy (non-hydrogen) atoms. The number of likely N-dealkylation sites (tertiary alicyclic amines) is 1. The Balaban J connectivity index is 1.18. The highest BCUT2D eigenvalue weighted by atomic mass is 16.5. The fraction of sp³-hybridized carbons (Fsp3) is 0.591. The molecule has 1 saturated carbocycles. The van der Waals surface area contributed by atoms with E-state index in [-0.39, 0.29) is 36.2 Å². The van der Waals surface area contributed by atoms with Gasteiger partial charge in [-0.3, -0.25) is 14.4 Å². The first-order valence-corrected chi connectivity index (χ1v) is 10.6. The second-order valence-electron chi connectivity index (χ2n) is 8.18. The molecular formula is C22H29N3O4. The van der Waals surface area contributed by atoms with E-state index in [9.17, 15) is 14.4 Å². The van der Waals surface area contributed by atoms with Crippen LogP contribution in [0.3, 0.4) is 0 Å². The molecule has 3 amide bonds. The Bertz CT molecular complexity index is 734. The summed E-state index contributed by atoms with van der Waals surface area (Å²) < 4.78 is 5.54. The lowest BCUT2D eigenvalue weighted by atomic mass is 9.95. The molecule has 0 unspecified atom stereocenters. The van der Waals surface area contributed by atoms with Crippen molar-refractivity contribution in [3.8, 4) is 5.75 Å². The number of para-hydroxylation sites is 1. The zero-order valence-corrected chi connectivity index (χ0v) is 16.8. The van der Waals surface area contributed by atoms with Gasteiger partial charge in [0.1, 0.15) is 5.75 Å². The first-order chi connectivity index (χ1) is 14.1. The Labute approximate surface area is 171 Å². The molecule has 7 heteroatoms. The summed E-state index contributed by atoms with van der Waals surface area (Å²) in [7, 11) is 0. The van der Waals surface area contributed by atoms with Gasteiger partial charge in [0.05, 0.1) is 0 Å². The smallest absolute Gasteiger partial charge is 0.260 e. The van der Waals surface area contributed by atoms with Crippen LogP contribution in [0.5, 0.6) is 5.75 Å². The Morgan fingerprint density at radius 2 is 1.24 bits per heavy atom. The van der Waals surface area contributed by atoms with Gasteiger partial charge in [-0.1, -0.05) is 18.2 Å². The van der Waals surface area contributed by atoms with Crippen molar-refractivity contribution in [2.75, 3.05) is 45.9 Å². The fourth-order valence-electron chi connectivity index (χ4n) is 4.12. The lowest BCUT2D eigenvalue weighted by molar-refractivity contribution is -0.145. The first-order valence-electron chi connectivity index (χ1n) is 10.6. The van der Waals surface area contributed by atoms with E-state index < -0.39 is 0 Å². The minimum atomic E-state index is -0.0352. The maximum absolute atomic E-state index is 12.9. The number of amides is 3. The molecule has 0 N–H and O–H groups in total. The van der Waals surface area contributed by atoms with Crippen LogP contribution in [-0.2, 0) is 14.4 Å². The molecule has 3 aliphatic rings. The van der Waals surface area contributed by atoms with Gasteiger partial charge >= 0.3 is 0 Å². The quantitative estimate of drug-likeness (QED) is 0.750. The molecule has 1 aromatic rings. The number of hydrogen-bond acceptors (Lipinski definition) is 4. The van der Waals surface area contributed by atoms with Crippen LogP contribution in [0.2, 0.25) is 0 Å². The number of carbonyl (C=O) groups excluding carboxylic acids is 3. The van der Waals surface area contributed by atoms with Crippen LogP contribution in [-0.4, -0.2) is 78.3 Å². The molecule has 156 valence electrons. The predicted molar refractivity (Wildman–Crippen MR) is 107 cm³/mol. The normalized spacial score (nSPS) is 20.5. The van der Waals surface area contributed by atoms with Crippen LogP contribution in [0, 0.1) is 11.8 Å². The van der Waals surface area contributed by atoms with Gasteiger partial charge in [-0.25, -0.2) is 0 Å². The molecule has 0 bridgehead atoms. The van der Waals surface area contributed by atoms with E-state index in [1.807, 2.05) is 40.1 Å². The Kier molecular flexibility index (Phi) is 6.02. The molecule has 2 heterocycles. The van der Waals surface area contributed by atoms with Crippen LogP contribution < -0.4 is 4.74 Å². The van der Waals surface area contributed by atoms with Gasteiger partial charge < -0.3 is 19.4 Å². The van der Waals surface area contributed by atoms with Crippen molar-refractivity contribution in [2.45, 2.75) is 25.7 Å². The maximum atomic E-state index is 12.9. The average molecular weight is 399 g/mol. The van der Waals surface area contributed by atoms with Gasteiger partial charge in [-0.05, 0) is 37.8 Å². The van der Waals surface area contributed by atoms with E-state index in [0.29, 0.717) is 57.9 Å². The third-order valence-corrected chi connectivity index (χ3v) is 6.13. The zero-order chi connectivity index (χ0) is 20.2. The number of nitrogens with zero attached hydrogens (tertiary/aromatic N) is 3. The minimum Gasteiger partial charge on any atom is -0.484 e. The van der Waals surface area contributed by atoms with Crippen molar-refractivity contribution in [3.05, 3.63) is 30.3 Å². The summed E-state index contributed by atoms with van der Waals surface area (Å²) in [4.78, 5) is 43.0. The molecular weight excluding hydrogens is 370 g/mol. The van der Waals surface area contributed by atoms with E-state index in [1.165, 1.54) is 0 Å². The molecule has 7 nitrogen and oxygen atoms in total. The summed E-state index contributed by atoms with van der Waals surface area (Å²) in [5.74, 6) is 1.31. The largest absolute Gasteiger partial charge is 0.484 e. The molecule has 2 saturated heterocycles. The standard InChI is InChI=1S/C22H29N3O4/c26-20(16-29-19-4-2-1-3-5-19)23-10-8-18(9-11-23)22(28)25-14-12-24(13-15-25)21(27)17-6-7-17/h1-5,17-18H,6-16H2. The highest BCUT2D eigenvalue weighted by Crippen LogP contribution is 2.31. The van der Waals surface area contributed by atoms with Crippen molar-refractivity contribution in [3.63, 3.8) is 0 Å². The fourth-order valence-corrected chi connectivity index (χ4v) is 4.12. The Morgan fingerprint density at radius 1 is 0.724 bits per heavy atom. The van der Waals surface area contributed by atoms with Crippen LogP contribution in [0.25, 0.3) is 0 Å². The van der Waals surface area contributed by atoms with Crippen molar-refractivity contribution in [1.82, 2.24) is 14.7 Å². The van der Waals surface area contributed by atoms with Crippen molar-refractivity contribution in [1.29, 1.82) is 0 Å². The SMILES string of the molecule is O=C(COc1ccccc1)N1CCC(C(=O)N2CCN(C(=O)C3CC3)CC2)CC1. The van der Waals surface area contributed by atoms with Gasteiger partial charge in [0.2, 0.25) is 11.8 Å². The molecule has 1 aliphatic carbocycles. The maximum Gasteiger partial charge on any atom is 0.260 e. The molecule has 0 radical (unpaired) electrons. The summed E-state index contributed by atoms with van der Waals surface area (Å²) >= 11 is 0. The molecule has 0 spiro atoms. The number of piperidine rings is 1. The average Bonchev–Trinajstić information content (AvgIpc) is 3.63. The second-order valence-corrected chi connectivity index (χ2v) is 8.18. The predicted octanol–water partition coefficient (Wildman–Crippen LogP) is 1.38. The molecule has 0 atom stereocenters. The molecule has 2 aliphatic heterocycles. The summed E-state index contributed by atoms with van der Waals surface area (Å²) in [6.07, 6.45) is 3.42. The lowest BCUT2D eigenvalue weighted by Gasteiger charge is -2.38. The van der Waals surface area contributed by atoms with Gasteiger partial charge in [0.15, 0.2) is 6.61 Å². The molecule has 4 rings (SSSR count). The molecule has 1 aromatic carbocycles. The summed E-state index contributed by atoms with van der Waals surface area (Å²) in [6.45, 7) is 3.76. The second kappa shape index (κ2) is 8.84. The number of carbonyl (C=O) groups is 3. The third kappa shape index (κ3) is 4.89.